The van der Waals surface area contributed by atoms with Crippen LogP contribution < -0.4 is 9.64 Å². The highest BCUT2D eigenvalue weighted by Crippen LogP contribution is 2.40. The molecule has 0 N–H and O–H groups in total. The van der Waals surface area contributed by atoms with Crippen LogP contribution in [-0.2, 0) is 16.2 Å². The molecule has 0 aliphatic carbocycles. The molecule has 1 heterocycles. The molecule has 214 valence electrons. The molecule has 7 nitrogen and oxygen atoms in total. The minimum absolute atomic E-state index is 0.0462. The summed E-state index contributed by atoms with van der Waals surface area (Å²) < 4.78 is 75.3. The first-order valence-corrected chi connectivity index (χ1v) is 14.4. The number of hydrogen-bond donors (Lipinski definition) is 0. The van der Waals surface area contributed by atoms with Gasteiger partial charge in [0.1, 0.15) is 11.5 Å². The van der Waals surface area contributed by atoms with Crippen molar-refractivity contribution in [3.05, 3.63) is 119 Å². The number of ether oxygens (including phenoxy) is 1. The summed E-state index contributed by atoms with van der Waals surface area (Å²) in [4.78, 5) is 5.24. The molecule has 1 fully saturated rings. The molecular weight excluding hydrogens is 589 g/mol. The highest BCUT2D eigenvalue weighted by Gasteiger charge is 2.44. The maximum Gasteiger partial charge on any atom is 0.416 e. The van der Waals surface area contributed by atoms with Gasteiger partial charge in [0.15, 0.2) is 0 Å². The van der Waals surface area contributed by atoms with E-state index < -0.39 is 27.8 Å². The third-order valence-electron chi connectivity index (χ3n) is 6.61. The van der Waals surface area contributed by atoms with E-state index in [1.165, 1.54) is 29.2 Å². The smallest absolute Gasteiger partial charge is 0.416 e. The summed E-state index contributed by atoms with van der Waals surface area (Å²) >= 11 is 5.93. The number of benzene rings is 4. The van der Waals surface area contributed by atoms with Gasteiger partial charge in [-0.3, -0.25) is 0 Å². The second kappa shape index (κ2) is 11.4. The number of rotatable bonds is 6. The molecule has 1 unspecified atom stereocenters. The number of halogens is 4. The van der Waals surface area contributed by atoms with Crippen molar-refractivity contribution < 1.29 is 26.3 Å². The first-order chi connectivity index (χ1) is 20.0. The fraction of sp³-hybridized carbons (Fsp3) is 0.133. The second-order valence-electron chi connectivity index (χ2n) is 9.42. The predicted molar refractivity (Wildman–Crippen MR) is 153 cm³/mol. The number of alkyl halides is 3. The van der Waals surface area contributed by atoms with E-state index in [0.717, 1.165) is 22.0 Å². The summed E-state index contributed by atoms with van der Waals surface area (Å²) in [7, 11) is -4.25. The lowest BCUT2D eigenvalue weighted by molar-refractivity contribution is -0.137. The number of aryl methyl sites for hydroxylation is 1. The maximum absolute atomic E-state index is 13.8. The Morgan fingerprint density at radius 3 is 2.17 bits per heavy atom. The minimum Gasteiger partial charge on any atom is -0.457 e. The average molecular weight is 611 g/mol. The third-order valence-corrected chi connectivity index (χ3v) is 8.62. The second-order valence-corrected chi connectivity index (χ2v) is 11.7. The Morgan fingerprint density at radius 1 is 0.952 bits per heavy atom. The van der Waals surface area contributed by atoms with Crippen molar-refractivity contribution in [3.8, 4) is 17.7 Å². The molecule has 12 heteroatoms. The lowest BCUT2D eigenvalue weighted by Crippen LogP contribution is -2.38. The van der Waals surface area contributed by atoms with Crippen LogP contribution in [0.3, 0.4) is 0 Å². The lowest BCUT2D eigenvalue weighted by atomic mass is 10.0. The molecule has 0 bridgehead atoms. The molecule has 5 rings (SSSR count). The van der Waals surface area contributed by atoms with Gasteiger partial charge in [0.25, 0.3) is 10.0 Å². The van der Waals surface area contributed by atoms with Crippen LogP contribution in [0.15, 0.2) is 107 Å². The Hall–Kier alpha value is -4.53. The maximum atomic E-state index is 13.8. The molecule has 0 amide bonds. The van der Waals surface area contributed by atoms with Gasteiger partial charge in [0, 0.05) is 10.7 Å². The summed E-state index contributed by atoms with van der Waals surface area (Å²) in [5.74, 6) is 0.725. The summed E-state index contributed by atoms with van der Waals surface area (Å²) in [6.07, 6.45) is -2.96. The van der Waals surface area contributed by atoms with Crippen LogP contribution in [0.1, 0.15) is 22.7 Å². The topological polar surface area (TPSA) is 86.0 Å². The van der Waals surface area contributed by atoms with E-state index in [2.05, 4.69) is 4.99 Å². The zero-order chi connectivity index (χ0) is 30.1. The van der Waals surface area contributed by atoms with Crippen molar-refractivity contribution in [3.63, 3.8) is 0 Å². The molecule has 4 aromatic carbocycles. The van der Waals surface area contributed by atoms with Gasteiger partial charge in [-0.05, 0) is 85.3 Å². The van der Waals surface area contributed by atoms with Crippen molar-refractivity contribution >= 4 is 33.3 Å². The van der Waals surface area contributed by atoms with Crippen molar-refractivity contribution in [1.82, 2.24) is 4.31 Å². The largest absolute Gasteiger partial charge is 0.457 e. The number of guanidine groups is 1. The van der Waals surface area contributed by atoms with Crippen LogP contribution in [-0.4, -0.2) is 25.2 Å². The van der Waals surface area contributed by atoms with Gasteiger partial charge in [-0.1, -0.05) is 41.4 Å². The van der Waals surface area contributed by atoms with E-state index >= 15 is 0 Å². The number of sulfonamides is 1. The molecule has 42 heavy (non-hydrogen) atoms. The highest BCUT2D eigenvalue weighted by molar-refractivity contribution is 7.89. The van der Waals surface area contributed by atoms with Crippen LogP contribution in [0.25, 0.3) is 0 Å². The van der Waals surface area contributed by atoms with Crippen LogP contribution in [0.5, 0.6) is 11.5 Å². The first-order valence-electron chi connectivity index (χ1n) is 12.5. The van der Waals surface area contributed by atoms with E-state index in [4.69, 9.17) is 16.3 Å². The number of anilines is 1. The van der Waals surface area contributed by atoms with Gasteiger partial charge in [0.05, 0.1) is 23.0 Å². The number of hydrogen-bond acceptors (Lipinski definition) is 5. The number of nitriles is 1. The van der Waals surface area contributed by atoms with E-state index in [-0.39, 0.29) is 23.0 Å². The normalized spacial score (nSPS) is 16.5. The average Bonchev–Trinajstić information content (AvgIpc) is 3.35. The van der Waals surface area contributed by atoms with Crippen LogP contribution >= 0.6 is 11.6 Å². The molecule has 0 spiro atoms. The quantitative estimate of drug-likeness (QED) is 0.210. The molecule has 4 aromatic rings. The van der Waals surface area contributed by atoms with Crippen LogP contribution in [0.2, 0.25) is 5.02 Å². The van der Waals surface area contributed by atoms with Crippen LogP contribution in [0, 0.1) is 18.4 Å². The van der Waals surface area contributed by atoms with Crippen molar-refractivity contribution in [2.75, 3.05) is 11.4 Å². The minimum atomic E-state index is -4.61. The summed E-state index contributed by atoms with van der Waals surface area (Å²) in [6, 6.07) is 23.0. The third kappa shape index (κ3) is 5.91. The van der Waals surface area contributed by atoms with Gasteiger partial charge < -0.3 is 9.64 Å². The van der Waals surface area contributed by atoms with E-state index in [1.54, 1.807) is 73.8 Å². The van der Waals surface area contributed by atoms with Crippen molar-refractivity contribution in [2.45, 2.75) is 24.0 Å². The fourth-order valence-corrected chi connectivity index (χ4v) is 6.10. The zero-order valence-corrected chi connectivity index (χ0v) is 23.5. The van der Waals surface area contributed by atoms with Gasteiger partial charge in [-0.25, -0.2) is 12.7 Å². The van der Waals surface area contributed by atoms with Gasteiger partial charge in [-0.2, -0.15) is 18.4 Å². The first kappa shape index (κ1) is 29.0. The molecule has 0 radical (unpaired) electrons. The monoisotopic (exact) mass is 610 g/mol. The Balaban J connectivity index is 1.59. The molecule has 1 aliphatic heterocycles. The summed E-state index contributed by atoms with van der Waals surface area (Å²) in [5.41, 5.74) is 0.533. The van der Waals surface area contributed by atoms with Crippen molar-refractivity contribution in [1.29, 1.82) is 5.26 Å². The Bertz CT molecular complexity index is 1770. The zero-order valence-electron chi connectivity index (χ0n) is 22.0. The Labute approximate surface area is 245 Å². The van der Waals surface area contributed by atoms with E-state index in [9.17, 15) is 26.9 Å². The summed E-state index contributed by atoms with van der Waals surface area (Å²) in [5, 5.41) is 10.1. The van der Waals surface area contributed by atoms with Crippen LogP contribution in [0.4, 0.5) is 18.9 Å². The molecule has 1 saturated heterocycles. The predicted octanol–water partition coefficient (Wildman–Crippen LogP) is 7.55. The Kier molecular flexibility index (Phi) is 7.86. The van der Waals surface area contributed by atoms with Gasteiger partial charge in [0.2, 0.25) is 12.2 Å². The summed E-state index contributed by atoms with van der Waals surface area (Å²) in [6.45, 7) is 1.52. The SMILES string of the molecule is Cc1ccc(S(=O)(=O)N2CC(c3cccc(C(F)(F)F)c3)N(c3ccc(Oc4ccc(Cl)cc4)cc3)C2=NC#N)cc1. The highest BCUT2D eigenvalue weighted by atomic mass is 35.5. The molecule has 0 saturated carbocycles. The van der Waals surface area contributed by atoms with Gasteiger partial charge >= 0.3 is 6.18 Å². The van der Waals surface area contributed by atoms with E-state index in [0.29, 0.717) is 22.2 Å². The Morgan fingerprint density at radius 2 is 1.57 bits per heavy atom. The van der Waals surface area contributed by atoms with Gasteiger partial charge in [-0.15, -0.1) is 4.99 Å². The molecule has 0 aromatic heterocycles. The fourth-order valence-electron chi connectivity index (χ4n) is 4.56. The standard InChI is InChI=1S/C30H22ClF3N4O3S/c1-20-5-15-27(16-6-20)42(39,40)37-18-28(21-3-2-4-22(17-21)30(32,33)34)38(29(37)36-19-35)24-9-13-26(14-10-24)41-25-11-7-23(31)8-12-25/h2-17,28H,18H2,1H3. The van der Waals surface area contributed by atoms with E-state index in [1.807, 2.05) is 0 Å². The molecular formula is C30H22ClF3N4O3S. The lowest BCUT2D eigenvalue weighted by Gasteiger charge is -2.26. The number of nitrogens with zero attached hydrogens (tertiary/aromatic N) is 4. The van der Waals surface area contributed by atoms with Crippen molar-refractivity contribution in [2.24, 2.45) is 4.99 Å². The number of aliphatic imine (C=N–C) groups is 1. The molecule has 1 aliphatic rings. The molecule has 1 atom stereocenters.